The number of hydrogen-bond acceptors (Lipinski definition) is 4. The Morgan fingerprint density at radius 3 is 2.48 bits per heavy atom. The summed E-state index contributed by atoms with van der Waals surface area (Å²) in [6.07, 6.45) is 0. The monoisotopic (exact) mass is 311 g/mol. The van der Waals surface area contributed by atoms with E-state index in [1.54, 1.807) is 43.5 Å². The highest BCUT2D eigenvalue weighted by Gasteiger charge is 2.04. The maximum atomic E-state index is 11.7. The average molecular weight is 311 g/mol. The third-order valence-corrected chi connectivity index (χ3v) is 2.99. The quantitative estimate of drug-likeness (QED) is 0.804. The molecule has 0 aliphatic rings. The first kappa shape index (κ1) is 16.2. The number of nitriles is 1. The van der Waals surface area contributed by atoms with Crippen LogP contribution in [0.5, 0.6) is 11.5 Å². The van der Waals surface area contributed by atoms with Gasteiger partial charge in [0.05, 0.1) is 25.3 Å². The van der Waals surface area contributed by atoms with Crippen LogP contribution in [0.1, 0.15) is 5.56 Å². The van der Waals surface area contributed by atoms with Crippen molar-refractivity contribution >= 4 is 11.7 Å². The van der Waals surface area contributed by atoms with Crippen molar-refractivity contribution in [2.75, 3.05) is 25.6 Å². The Morgan fingerprint density at radius 2 is 1.83 bits per heavy atom. The molecule has 6 heteroatoms. The van der Waals surface area contributed by atoms with Gasteiger partial charge in [0.2, 0.25) is 0 Å². The Kier molecular flexibility index (Phi) is 5.83. The fourth-order valence-electron chi connectivity index (χ4n) is 1.87. The summed E-state index contributed by atoms with van der Waals surface area (Å²) in [5.74, 6) is 1.28. The molecule has 2 amide bonds. The summed E-state index contributed by atoms with van der Waals surface area (Å²) in [5.41, 5.74) is 1.16. The van der Waals surface area contributed by atoms with E-state index < -0.39 is 0 Å². The van der Waals surface area contributed by atoms with E-state index in [1.807, 2.05) is 18.2 Å². The minimum atomic E-state index is -0.335. The molecule has 2 N–H and O–H groups in total. The van der Waals surface area contributed by atoms with Gasteiger partial charge in [0.25, 0.3) is 0 Å². The number of methoxy groups -OCH3 is 1. The highest BCUT2D eigenvalue weighted by molar-refractivity contribution is 5.89. The first-order valence-electron chi connectivity index (χ1n) is 7.04. The Hall–Kier alpha value is -3.20. The number of carbonyl (C=O) groups excluding carboxylic acids is 1. The van der Waals surface area contributed by atoms with E-state index in [0.29, 0.717) is 35.9 Å². The number of para-hydroxylation sites is 2. The number of hydrogen-bond donors (Lipinski definition) is 2. The molecule has 0 aromatic heterocycles. The number of amides is 2. The lowest BCUT2D eigenvalue weighted by Crippen LogP contribution is -2.32. The number of rotatable bonds is 6. The molecular formula is C17H17N3O3. The molecule has 0 aliphatic carbocycles. The van der Waals surface area contributed by atoms with Crippen molar-refractivity contribution in [2.24, 2.45) is 0 Å². The molecular weight excluding hydrogens is 294 g/mol. The molecule has 23 heavy (non-hydrogen) atoms. The van der Waals surface area contributed by atoms with Gasteiger partial charge in [-0.15, -0.1) is 0 Å². The van der Waals surface area contributed by atoms with Crippen molar-refractivity contribution in [2.45, 2.75) is 0 Å². The van der Waals surface area contributed by atoms with E-state index in [4.69, 9.17) is 14.7 Å². The number of ether oxygens (including phenoxy) is 2. The van der Waals surface area contributed by atoms with E-state index in [0.717, 1.165) is 0 Å². The Bertz CT molecular complexity index is 693. The predicted octanol–water partition coefficient (Wildman–Crippen LogP) is 2.77. The van der Waals surface area contributed by atoms with Crippen LogP contribution in [0.4, 0.5) is 10.5 Å². The van der Waals surface area contributed by atoms with Crippen LogP contribution in [-0.4, -0.2) is 26.3 Å². The van der Waals surface area contributed by atoms with Gasteiger partial charge in [-0.3, -0.25) is 0 Å². The van der Waals surface area contributed by atoms with Crippen LogP contribution in [0.15, 0.2) is 48.5 Å². The van der Waals surface area contributed by atoms with Crippen LogP contribution < -0.4 is 20.1 Å². The van der Waals surface area contributed by atoms with Crippen molar-refractivity contribution in [1.29, 1.82) is 5.26 Å². The molecule has 0 saturated heterocycles. The van der Waals surface area contributed by atoms with E-state index in [1.165, 1.54) is 0 Å². The SMILES string of the molecule is COc1ccccc1OCCNC(=O)Nc1ccc(C#N)cc1. The number of nitrogens with one attached hydrogen (secondary N) is 2. The lowest BCUT2D eigenvalue weighted by atomic mass is 10.2. The molecule has 0 unspecified atom stereocenters. The standard InChI is InChI=1S/C17H17N3O3/c1-22-15-4-2-3-5-16(15)23-11-10-19-17(21)20-14-8-6-13(12-18)7-9-14/h2-9H,10-11H2,1H3,(H2,19,20,21). The second-order valence-electron chi connectivity index (χ2n) is 4.57. The molecule has 0 bridgehead atoms. The lowest BCUT2D eigenvalue weighted by Gasteiger charge is -2.11. The van der Waals surface area contributed by atoms with Gasteiger partial charge in [-0.2, -0.15) is 5.26 Å². The highest BCUT2D eigenvalue weighted by atomic mass is 16.5. The van der Waals surface area contributed by atoms with E-state index >= 15 is 0 Å². The number of nitrogens with zero attached hydrogens (tertiary/aromatic N) is 1. The lowest BCUT2D eigenvalue weighted by molar-refractivity contribution is 0.246. The minimum absolute atomic E-state index is 0.321. The normalized spacial score (nSPS) is 9.57. The van der Waals surface area contributed by atoms with Gasteiger partial charge in [-0.1, -0.05) is 12.1 Å². The zero-order valence-electron chi connectivity index (χ0n) is 12.7. The van der Waals surface area contributed by atoms with Gasteiger partial charge in [-0.05, 0) is 36.4 Å². The maximum Gasteiger partial charge on any atom is 0.319 e. The number of anilines is 1. The minimum Gasteiger partial charge on any atom is -0.493 e. The van der Waals surface area contributed by atoms with Gasteiger partial charge in [0, 0.05) is 5.69 Å². The summed E-state index contributed by atoms with van der Waals surface area (Å²) >= 11 is 0. The molecule has 0 heterocycles. The van der Waals surface area contributed by atoms with Gasteiger partial charge >= 0.3 is 6.03 Å². The maximum absolute atomic E-state index is 11.7. The van der Waals surface area contributed by atoms with Crippen molar-refractivity contribution < 1.29 is 14.3 Å². The summed E-state index contributed by atoms with van der Waals surface area (Å²) < 4.78 is 10.7. The van der Waals surface area contributed by atoms with E-state index in [-0.39, 0.29) is 6.03 Å². The van der Waals surface area contributed by atoms with Crippen LogP contribution in [0.3, 0.4) is 0 Å². The van der Waals surface area contributed by atoms with Gasteiger partial charge in [0.1, 0.15) is 6.61 Å². The van der Waals surface area contributed by atoms with Crippen LogP contribution in [-0.2, 0) is 0 Å². The second-order valence-corrected chi connectivity index (χ2v) is 4.57. The molecule has 0 saturated carbocycles. The molecule has 2 rings (SSSR count). The van der Waals surface area contributed by atoms with E-state index in [2.05, 4.69) is 10.6 Å². The predicted molar refractivity (Wildman–Crippen MR) is 86.7 cm³/mol. The smallest absolute Gasteiger partial charge is 0.319 e. The molecule has 0 aliphatic heterocycles. The van der Waals surface area contributed by atoms with Crippen LogP contribution in [0.25, 0.3) is 0 Å². The van der Waals surface area contributed by atoms with Gasteiger partial charge in [-0.25, -0.2) is 4.79 Å². The largest absolute Gasteiger partial charge is 0.493 e. The second kappa shape index (κ2) is 8.29. The van der Waals surface area contributed by atoms with Crippen molar-refractivity contribution in [3.8, 4) is 17.6 Å². The van der Waals surface area contributed by atoms with Crippen LogP contribution >= 0.6 is 0 Å². The number of benzene rings is 2. The molecule has 0 spiro atoms. The molecule has 118 valence electrons. The molecule has 0 radical (unpaired) electrons. The zero-order chi connectivity index (χ0) is 16.5. The topological polar surface area (TPSA) is 83.4 Å². The van der Waals surface area contributed by atoms with Gasteiger partial charge in [0.15, 0.2) is 11.5 Å². The van der Waals surface area contributed by atoms with E-state index in [9.17, 15) is 4.79 Å². The first-order valence-corrected chi connectivity index (χ1v) is 7.04. The van der Waals surface area contributed by atoms with Crippen molar-refractivity contribution in [1.82, 2.24) is 5.32 Å². The summed E-state index contributed by atoms with van der Waals surface area (Å²) in [5, 5.41) is 14.1. The first-order chi connectivity index (χ1) is 11.2. The summed E-state index contributed by atoms with van der Waals surface area (Å²) in [7, 11) is 1.57. The molecule has 0 atom stereocenters. The van der Waals surface area contributed by atoms with Crippen molar-refractivity contribution in [3.63, 3.8) is 0 Å². The van der Waals surface area contributed by atoms with Crippen LogP contribution in [0, 0.1) is 11.3 Å². The zero-order valence-corrected chi connectivity index (χ0v) is 12.7. The molecule has 0 fully saturated rings. The summed E-state index contributed by atoms with van der Waals surface area (Å²) in [6.45, 7) is 0.668. The number of urea groups is 1. The Morgan fingerprint density at radius 1 is 1.13 bits per heavy atom. The number of carbonyl (C=O) groups is 1. The summed E-state index contributed by atoms with van der Waals surface area (Å²) in [4.78, 5) is 11.7. The van der Waals surface area contributed by atoms with Crippen molar-refractivity contribution in [3.05, 3.63) is 54.1 Å². The average Bonchev–Trinajstić information content (AvgIpc) is 2.59. The molecule has 2 aromatic rings. The molecule has 6 nitrogen and oxygen atoms in total. The molecule has 2 aromatic carbocycles. The van der Waals surface area contributed by atoms with Crippen LogP contribution in [0.2, 0.25) is 0 Å². The fraction of sp³-hybridized carbons (Fsp3) is 0.176. The fourth-order valence-corrected chi connectivity index (χ4v) is 1.87. The summed E-state index contributed by atoms with van der Waals surface area (Å²) in [6, 6.07) is 15.6. The third-order valence-electron chi connectivity index (χ3n) is 2.99. The highest BCUT2D eigenvalue weighted by Crippen LogP contribution is 2.25. The van der Waals surface area contributed by atoms with Gasteiger partial charge < -0.3 is 20.1 Å². The Labute approximate surface area is 134 Å². The third kappa shape index (κ3) is 4.93. The Balaban J connectivity index is 1.73.